The highest BCUT2D eigenvalue weighted by molar-refractivity contribution is 6.07. The van der Waals surface area contributed by atoms with Gasteiger partial charge < -0.3 is 14.6 Å². The maximum atomic E-state index is 12.7. The predicted octanol–water partition coefficient (Wildman–Crippen LogP) is 2.12. The number of hydrogen-bond donors (Lipinski definition) is 1. The summed E-state index contributed by atoms with van der Waals surface area (Å²) >= 11 is 0. The third-order valence-corrected chi connectivity index (χ3v) is 4.19. The van der Waals surface area contributed by atoms with E-state index >= 15 is 0 Å². The number of carboxylic acids is 1. The van der Waals surface area contributed by atoms with Crippen LogP contribution in [0.5, 0.6) is 0 Å². The summed E-state index contributed by atoms with van der Waals surface area (Å²) in [5.41, 5.74) is 1.66. The van der Waals surface area contributed by atoms with Gasteiger partial charge in [-0.3, -0.25) is 9.59 Å². The van der Waals surface area contributed by atoms with Crippen molar-refractivity contribution in [3.8, 4) is 0 Å². The molecule has 1 saturated heterocycles. The second kappa shape index (κ2) is 5.24. The number of carboxylic acid groups (broad SMARTS) is 1. The quantitative estimate of drug-likeness (QED) is 0.919. The van der Waals surface area contributed by atoms with Crippen LogP contribution in [0.15, 0.2) is 30.5 Å². The molecule has 0 unspecified atom stereocenters. The van der Waals surface area contributed by atoms with E-state index in [2.05, 4.69) is 0 Å². The summed E-state index contributed by atoms with van der Waals surface area (Å²) in [4.78, 5) is 25.5. The zero-order valence-corrected chi connectivity index (χ0v) is 12.0. The second-order valence-electron chi connectivity index (χ2n) is 5.60. The molecule has 1 amide bonds. The Balaban J connectivity index is 1.92. The standard InChI is InChI=1S/C16H18N2O3/c1-17-10-13(12-6-2-3-7-14(12)17)15(19)18-8-4-5-11(9-18)16(20)21/h2-3,6-7,10-11H,4-5,8-9H2,1H3,(H,20,21)/t11-/m0/s1. The van der Waals surface area contributed by atoms with E-state index < -0.39 is 11.9 Å². The molecule has 1 atom stereocenters. The highest BCUT2D eigenvalue weighted by Gasteiger charge is 2.29. The van der Waals surface area contributed by atoms with Gasteiger partial charge in [-0.25, -0.2) is 0 Å². The van der Waals surface area contributed by atoms with E-state index in [4.69, 9.17) is 5.11 Å². The van der Waals surface area contributed by atoms with Crippen LogP contribution in [0.3, 0.4) is 0 Å². The zero-order chi connectivity index (χ0) is 15.0. The summed E-state index contributed by atoms with van der Waals surface area (Å²) in [5, 5.41) is 10.1. The van der Waals surface area contributed by atoms with Gasteiger partial charge in [0.25, 0.3) is 5.91 Å². The van der Waals surface area contributed by atoms with Gasteiger partial charge in [0, 0.05) is 37.2 Å². The number of fused-ring (bicyclic) bond motifs is 1. The van der Waals surface area contributed by atoms with E-state index in [0.29, 0.717) is 25.1 Å². The van der Waals surface area contributed by atoms with Gasteiger partial charge in [-0.2, -0.15) is 0 Å². The first-order valence-corrected chi connectivity index (χ1v) is 7.14. The number of likely N-dealkylation sites (tertiary alicyclic amines) is 1. The minimum absolute atomic E-state index is 0.0715. The molecule has 0 aliphatic carbocycles. The fourth-order valence-electron chi connectivity index (χ4n) is 3.05. The van der Waals surface area contributed by atoms with Crippen molar-refractivity contribution in [1.29, 1.82) is 0 Å². The number of carbonyl (C=O) groups excluding carboxylic acids is 1. The van der Waals surface area contributed by atoms with Crippen molar-refractivity contribution < 1.29 is 14.7 Å². The lowest BCUT2D eigenvalue weighted by molar-refractivity contribution is -0.143. The van der Waals surface area contributed by atoms with Gasteiger partial charge in [0.05, 0.1) is 11.5 Å². The first kappa shape index (κ1) is 13.7. The number of amides is 1. The van der Waals surface area contributed by atoms with Crippen LogP contribution in [0.4, 0.5) is 0 Å². The first-order valence-electron chi connectivity index (χ1n) is 7.14. The van der Waals surface area contributed by atoms with Crippen LogP contribution in [0.1, 0.15) is 23.2 Å². The van der Waals surface area contributed by atoms with E-state index in [9.17, 15) is 9.59 Å². The Morgan fingerprint density at radius 2 is 2.05 bits per heavy atom. The van der Waals surface area contributed by atoms with Crippen LogP contribution < -0.4 is 0 Å². The summed E-state index contributed by atoms with van der Waals surface area (Å²) < 4.78 is 1.93. The maximum Gasteiger partial charge on any atom is 0.308 e. The van der Waals surface area contributed by atoms with Crippen molar-refractivity contribution in [1.82, 2.24) is 9.47 Å². The Morgan fingerprint density at radius 1 is 1.29 bits per heavy atom. The lowest BCUT2D eigenvalue weighted by Gasteiger charge is -2.30. The van der Waals surface area contributed by atoms with Crippen molar-refractivity contribution in [3.05, 3.63) is 36.0 Å². The molecule has 0 spiro atoms. The smallest absolute Gasteiger partial charge is 0.308 e. The van der Waals surface area contributed by atoms with Gasteiger partial charge in [0.2, 0.25) is 0 Å². The van der Waals surface area contributed by atoms with E-state index in [0.717, 1.165) is 17.3 Å². The predicted molar refractivity (Wildman–Crippen MR) is 79.2 cm³/mol. The Bertz CT molecular complexity index is 705. The van der Waals surface area contributed by atoms with Gasteiger partial charge in [0.1, 0.15) is 0 Å². The Kier molecular flexibility index (Phi) is 3.41. The number of hydrogen-bond acceptors (Lipinski definition) is 2. The van der Waals surface area contributed by atoms with Crippen LogP contribution >= 0.6 is 0 Å². The van der Waals surface area contributed by atoms with E-state index in [1.165, 1.54) is 0 Å². The fourth-order valence-corrected chi connectivity index (χ4v) is 3.05. The number of piperidine rings is 1. The largest absolute Gasteiger partial charge is 0.481 e. The van der Waals surface area contributed by atoms with Crippen LogP contribution in [0.25, 0.3) is 10.9 Å². The summed E-state index contributed by atoms with van der Waals surface area (Å²) in [6.45, 7) is 0.934. The van der Waals surface area contributed by atoms with Crippen molar-refractivity contribution >= 4 is 22.8 Å². The average molecular weight is 286 g/mol. The third kappa shape index (κ3) is 2.39. The van der Waals surface area contributed by atoms with Gasteiger partial charge in [-0.15, -0.1) is 0 Å². The molecule has 5 heteroatoms. The van der Waals surface area contributed by atoms with Crippen LogP contribution in [-0.2, 0) is 11.8 Å². The van der Waals surface area contributed by atoms with E-state index in [1.54, 1.807) is 4.90 Å². The molecule has 110 valence electrons. The zero-order valence-electron chi connectivity index (χ0n) is 12.0. The van der Waals surface area contributed by atoms with E-state index in [-0.39, 0.29) is 5.91 Å². The molecule has 1 fully saturated rings. The summed E-state index contributed by atoms with van der Waals surface area (Å²) in [5.74, 6) is -1.33. The molecule has 0 bridgehead atoms. The molecule has 0 radical (unpaired) electrons. The van der Waals surface area contributed by atoms with E-state index in [1.807, 2.05) is 42.1 Å². The highest BCUT2D eigenvalue weighted by atomic mass is 16.4. The molecular weight excluding hydrogens is 268 g/mol. The lowest BCUT2D eigenvalue weighted by Crippen LogP contribution is -2.42. The minimum atomic E-state index is -0.814. The number of para-hydroxylation sites is 1. The molecule has 3 rings (SSSR count). The number of nitrogens with zero attached hydrogens (tertiary/aromatic N) is 2. The number of aryl methyl sites for hydroxylation is 1. The Morgan fingerprint density at radius 3 is 2.81 bits per heavy atom. The molecule has 5 nitrogen and oxygen atoms in total. The number of aromatic nitrogens is 1. The van der Waals surface area contributed by atoms with Crippen molar-refractivity contribution in [2.24, 2.45) is 13.0 Å². The molecule has 1 aliphatic rings. The van der Waals surface area contributed by atoms with Crippen molar-refractivity contribution in [2.75, 3.05) is 13.1 Å². The summed E-state index contributed by atoms with van der Waals surface area (Å²) in [6.07, 6.45) is 3.22. The SMILES string of the molecule is Cn1cc(C(=O)N2CCC[C@H](C(=O)O)C2)c2ccccc21. The normalized spacial score (nSPS) is 18.9. The van der Waals surface area contributed by atoms with Gasteiger partial charge in [-0.1, -0.05) is 18.2 Å². The van der Waals surface area contributed by atoms with Crippen LogP contribution in [-0.4, -0.2) is 39.5 Å². The number of benzene rings is 1. The minimum Gasteiger partial charge on any atom is -0.481 e. The second-order valence-corrected chi connectivity index (χ2v) is 5.60. The lowest BCUT2D eigenvalue weighted by atomic mass is 9.97. The summed E-state index contributed by atoms with van der Waals surface area (Å²) in [7, 11) is 1.91. The molecule has 2 heterocycles. The topological polar surface area (TPSA) is 62.5 Å². The van der Waals surface area contributed by atoms with Crippen molar-refractivity contribution in [2.45, 2.75) is 12.8 Å². The molecule has 0 saturated carbocycles. The molecule has 1 aromatic carbocycles. The molecule has 1 aromatic heterocycles. The summed E-state index contributed by atoms with van der Waals surface area (Å²) in [6, 6.07) is 7.76. The third-order valence-electron chi connectivity index (χ3n) is 4.19. The number of rotatable bonds is 2. The Hall–Kier alpha value is -2.30. The highest BCUT2D eigenvalue weighted by Crippen LogP contribution is 2.24. The van der Waals surface area contributed by atoms with Gasteiger partial charge in [-0.05, 0) is 18.9 Å². The molecule has 21 heavy (non-hydrogen) atoms. The molecule has 1 N–H and O–H groups in total. The fraction of sp³-hybridized carbons (Fsp3) is 0.375. The van der Waals surface area contributed by atoms with Crippen LogP contribution in [0, 0.1) is 5.92 Å². The first-order chi connectivity index (χ1) is 10.1. The van der Waals surface area contributed by atoms with Crippen LogP contribution in [0.2, 0.25) is 0 Å². The number of carbonyl (C=O) groups is 2. The monoisotopic (exact) mass is 286 g/mol. The maximum absolute atomic E-state index is 12.7. The molecular formula is C16H18N2O3. The molecule has 2 aromatic rings. The van der Waals surface area contributed by atoms with Crippen molar-refractivity contribution in [3.63, 3.8) is 0 Å². The number of aliphatic carboxylic acids is 1. The molecule has 1 aliphatic heterocycles. The average Bonchev–Trinajstić information content (AvgIpc) is 2.84. The van der Waals surface area contributed by atoms with Gasteiger partial charge in [0.15, 0.2) is 0 Å². The van der Waals surface area contributed by atoms with Gasteiger partial charge >= 0.3 is 5.97 Å². The Labute approximate surface area is 122 Å².